The first-order valence-corrected chi connectivity index (χ1v) is 11.7. The van der Waals surface area contributed by atoms with Gasteiger partial charge in [-0.1, -0.05) is 12.0 Å². The van der Waals surface area contributed by atoms with Gasteiger partial charge in [0.25, 0.3) is 0 Å². The molecule has 7 heteroatoms. The lowest BCUT2D eigenvalue weighted by Gasteiger charge is -2.29. The highest BCUT2D eigenvalue weighted by Crippen LogP contribution is 2.25. The first kappa shape index (κ1) is 22.6. The molecule has 4 aromatic rings. The van der Waals surface area contributed by atoms with Crippen molar-refractivity contribution in [2.75, 3.05) is 20.2 Å². The second kappa shape index (κ2) is 9.97. The van der Waals surface area contributed by atoms with Gasteiger partial charge in [-0.05, 0) is 67.7 Å². The second-order valence-corrected chi connectivity index (χ2v) is 8.80. The standard InChI is InChI=1S/C28H26N6O/c1-33-19-23(17-31-33)26-15-27-24(4-3-11-30-27)25(32-26)7-5-20-9-12-34(13-10-20)18-21-6-8-28(35-2)22(14-21)16-29/h3-4,6,8,11,14-15,17,19-20H,9-10,12-13,18H2,1-2H3. The molecule has 1 saturated heterocycles. The molecule has 0 atom stereocenters. The summed E-state index contributed by atoms with van der Waals surface area (Å²) in [5, 5.41) is 14.6. The van der Waals surface area contributed by atoms with Gasteiger partial charge in [0, 0.05) is 42.9 Å². The topological polar surface area (TPSA) is 79.9 Å². The van der Waals surface area contributed by atoms with Crippen LogP contribution in [0.2, 0.25) is 0 Å². The molecule has 35 heavy (non-hydrogen) atoms. The van der Waals surface area contributed by atoms with Crippen molar-refractivity contribution in [2.45, 2.75) is 19.4 Å². The van der Waals surface area contributed by atoms with E-state index in [-0.39, 0.29) is 0 Å². The number of pyridine rings is 2. The Morgan fingerprint density at radius 3 is 2.77 bits per heavy atom. The van der Waals surface area contributed by atoms with E-state index in [1.165, 1.54) is 0 Å². The Balaban J connectivity index is 1.30. The van der Waals surface area contributed by atoms with Crippen LogP contribution in [-0.4, -0.2) is 44.8 Å². The van der Waals surface area contributed by atoms with Crippen molar-refractivity contribution >= 4 is 10.9 Å². The molecule has 3 aromatic heterocycles. The smallest absolute Gasteiger partial charge is 0.136 e. The van der Waals surface area contributed by atoms with Crippen molar-refractivity contribution < 1.29 is 4.74 Å². The molecular formula is C28H26N6O. The van der Waals surface area contributed by atoms with Gasteiger partial charge in [-0.25, -0.2) is 4.98 Å². The van der Waals surface area contributed by atoms with Crippen LogP contribution in [0.25, 0.3) is 22.2 Å². The highest BCUT2D eigenvalue weighted by molar-refractivity contribution is 5.86. The Kier molecular flexibility index (Phi) is 6.43. The van der Waals surface area contributed by atoms with Crippen molar-refractivity contribution in [3.05, 3.63) is 71.8 Å². The van der Waals surface area contributed by atoms with Crippen LogP contribution >= 0.6 is 0 Å². The molecule has 4 heterocycles. The molecule has 0 amide bonds. The van der Waals surface area contributed by atoms with Crippen LogP contribution in [0.1, 0.15) is 29.7 Å². The molecule has 1 aliphatic rings. The van der Waals surface area contributed by atoms with Crippen LogP contribution in [0.15, 0.2) is 55.0 Å². The van der Waals surface area contributed by atoms with Gasteiger partial charge in [-0.2, -0.15) is 10.4 Å². The maximum Gasteiger partial charge on any atom is 0.136 e. The van der Waals surface area contributed by atoms with E-state index >= 15 is 0 Å². The van der Waals surface area contributed by atoms with Crippen LogP contribution in [0.3, 0.4) is 0 Å². The number of hydrogen-bond acceptors (Lipinski definition) is 6. The fourth-order valence-corrected chi connectivity index (χ4v) is 4.48. The normalized spacial score (nSPS) is 14.3. The summed E-state index contributed by atoms with van der Waals surface area (Å²) < 4.78 is 7.02. The highest BCUT2D eigenvalue weighted by Gasteiger charge is 2.18. The Hall–Kier alpha value is -4.20. The molecular weight excluding hydrogens is 436 g/mol. The van der Waals surface area contributed by atoms with Gasteiger partial charge in [-0.15, -0.1) is 0 Å². The monoisotopic (exact) mass is 462 g/mol. The van der Waals surface area contributed by atoms with Crippen LogP contribution in [-0.2, 0) is 13.6 Å². The van der Waals surface area contributed by atoms with Gasteiger partial charge in [-0.3, -0.25) is 14.6 Å². The molecule has 0 radical (unpaired) electrons. The largest absolute Gasteiger partial charge is 0.495 e. The molecule has 1 aromatic carbocycles. The molecule has 0 aliphatic carbocycles. The minimum atomic E-state index is 0.326. The Labute approximate surface area is 205 Å². The number of benzene rings is 1. The summed E-state index contributed by atoms with van der Waals surface area (Å²) in [4.78, 5) is 11.8. The van der Waals surface area contributed by atoms with Gasteiger partial charge in [0.15, 0.2) is 0 Å². The summed E-state index contributed by atoms with van der Waals surface area (Å²) in [7, 11) is 3.48. The number of methoxy groups -OCH3 is 1. The minimum absolute atomic E-state index is 0.326. The molecule has 1 aliphatic heterocycles. The maximum atomic E-state index is 9.34. The number of nitrogens with zero attached hydrogens (tertiary/aromatic N) is 6. The Bertz CT molecular complexity index is 1460. The van der Waals surface area contributed by atoms with E-state index < -0.39 is 0 Å². The summed E-state index contributed by atoms with van der Waals surface area (Å²) in [5.41, 5.74) is 5.14. The van der Waals surface area contributed by atoms with Crippen molar-refractivity contribution in [1.82, 2.24) is 24.6 Å². The van der Waals surface area contributed by atoms with E-state index in [2.05, 4.69) is 32.9 Å². The molecule has 1 fully saturated rings. The van der Waals surface area contributed by atoms with Crippen LogP contribution < -0.4 is 4.74 Å². The average Bonchev–Trinajstić information content (AvgIpc) is 3.34. The van der Waals surface area contributed by atoms with Crippen molar-refractivity contribution in [1.29, 1.82) is 5.26 Å². The lowest BCUT2D eigenvalue weighted by Crippen LogP contribution is -2.32. The molecule has 7 nitrogen and oxygen atoms in total. The molecule has 0 spiro atoms. The van der Waals surface area contributed by atoms with Crippen molar-refractivity contribution in [2.24, 2.45) is 13.0 Å². The number of nitriles is 1. The van der Waals surface area contributed by atoms with Crippen molar-refractivity contribution in [3.8, 4) is 34.9 Å². The van der Waals surface area contributed by atoms with Gasteiger partial charge in [0.05, 0.1) is 30.1 Å². The number of ether oxygens (including phenoxy) is 1. The Morgan fingerprint density at radius 2 is 2.03 bits per heavy atom. The summed E-state index contributed by atoms with van der Waals surface area (Å²) in [6, 6.07) is 14.0. The molecule has 0 unspecified atom stereocenters. The average molecular weight is 463 g/mol. The third kappa shape index (κ3) is 5.01. The maximum absolute atomic E-state index is 9.34. The van der Waals surface area contributed by atoms with Gasteiger partial charge in [0.2, 0.25) is 0 Å². The zero-order chi connectivity index (χ0) is 24.2. The lowest BCUT2D eigenvalue weighted by atomic mass is 9.96. The number of aryl methyl sites for hydroxylation is 1. The number of hydrogen-bond donors (Lipinski definition) is 0. The number of rotatable bonds is 4. The fourth-order valence-electron chi connectivity index (χ4n) is 4.48. The van der Waals surface area contributed by atoms with Crippen molar-refractivity contribution in [3.63, 3.8) is 0 Å². The number of likely N-dealkylation sites (tertiary alicyclic amines) is 1. The predicted molar refractivity (Wildman–Crippen MR) is 134 cm³/mol. The minimum Gasteiger partial charge on any atom is -0.495 e. The third-order valence-electron chi connectivity index (χ3n) is 6.37. The Morgan fingerprint density at radius 1 is 1.17 bits per heavy atom. The first-order valence-electron chi connectivity index (χ1n) is 11.7. The second-order valence-electron chi connectivity index (χ2n) is 8.80. The van der Waals surface area contributed by atoms with E-state index in [1.807, 2.05) is 55.8 Å². The highest BCUT2D eigenvalue weighted by atomic mass is 16.5. The third-order valence-corrected chi connectivity index (χ3v) is 6.37. The summed E-state index contributed by atoms with van der Waals surface area (Å²) in [5.74, 6) is 7.80. The van der Waals surface area contributed by atoms with Crippen LogP contribution in [0, 0.1) is 29.1 Å². The lowest BCUT2D eigenvalue weighted by molar-refractivity contribution is 0.199. The molecule has 0 N–H and O–H groups in total. The number of piperidine rings is 1. The van der Waals surface area contributed by atoms with Gasteiger partial charge >= 0.3 is 0 Å². The van der Waals surface area contributed by atoms with Gasteiger partial charge in [0.1, 0.15) is 17.5 Å². The van der Waals surface area contributed by atoms with E-state index in [0.29, 0.717) is 17.2 Å². The number of aromatic nitrogens is 4. The van der Waals surface area contributed by atoms with E-state index in [1.54, 1.807) is 18.0 Å². The van der Waals surface area contributed by atoms with Crippen LogP contribution in [0.4, 0.5) is 0 Å². The number of fused-ring (bicyclic) bond motifs is 1. The predicted octanol–water partition coefficient (Wildman–Crippen LogP) is 4.17. The summed E-state index contributed by atoms with van der Waals surface area (Å²) in [6.07, 6.45) is 7.57. The van der Waals surface area contributed by atoms with Gasteiger partial charge < -0.3 is 4.74 Å². The quantitative estimate of drug-likeness (QED) is 0.424. The van der Waals surface area contributed by atoms with E-state index in [4.69, 9.17) is 9.72 Å². The first-order chi connectivity index (χ1) is 17.1. The zero-order valence-corrected chi connectivity index (χ0v) is 19.9. The molecule has 174 valence electrons. The molecule has 5 rings (SSSR count). The summed E-state index contributed by atoms with van der Waals surface area (Å²) in [6.45, 7) is 2.77. The zero-order valence-electron chi connectivity index (χ0n) is 19.9. The van der Waals surface area contributed by atoms with Crippen LogP contribution in [0.5, 0.6) is 5.75 Å². The SMILES string of the molecule is COc1ccc(CN2CCC(C#Cc3nc(-c4cnn(C)c4)cc4ncccc34)CC2)cc1C#N. The molecule has 0 bridgehead atoms. The molecule has 0 saturated carbocycles. The fraction of sp³-hybridized carbons (Fsp3) is 0.286. The van der Waals surface area contributed by atoms with E-state index in [0.717, 1.165) is 65.9 Å². The van der Waals surface area contributed by atoms with E-state index in [9.17, 15) is 5.26 Å². The summed E-state index contributed by atoms with van der Waals surface area (Å²) >= 11 is 0.